The van der Waals surface area contributed by atoms with E-state index in [-0.39, 0.29) is 18.3 Å². The Bertz CT molecular complexity index is 583. The Morgan fingerprint density at radius 1 is 1.33 bits per heavy atom. The van der Waals surface area contributed by atoms with Crippen LogP contribution in [-0.2, 0) is 4.74 Å². The summed E-state index contributed by atoms with van der Waals surface area (Å²) < 4.78 is 18.5. The van der Waals surface area contributed by atoms with Gasteiger partial charge in [0.25, 0.3) is 0 Å². The number of piperidine rings is 1. The quantitative estimate of drug-likeness (QED) is 0.920. The van der Waals surface area contributed by atoms with Crippen molar-refractivity contribution in [3.05, 3.63) is 23.8 Å². The fourth-order valence-electron chi connectivity index (χ4n) is 4.70. The number of aliphatic hydroxyl groups is 1. The average molecular weight is 333 g/mol. The highest BCUT2D eigenvalue weighted by Gasteiger charge is 2.52. The predicted molar refractivity (Wildman–Crippen MR) is 90.5 cm³/mol. The molecule has 0 aliphatic carbocycles. The summed E-state index contributed by atoms with van der Waals surface area (Å²) in [7, 11) is 1.70. The molecule has 3 aliphatic rings. The number of rotatable bonds is 3. The number of fused-ring (bicyclic) bond motifs is 4. The molecule has 3 aliphatic heterocycles. The van der Waals surface area contributed by atoms with Crippen LogP contribution in [0.5, 0.6) is 11.5 Å². The van der Waals surface area contributed by atoms with Crippen LogP contribution in [0.3, 0.4) is 0 Å². The zero-order valence-corrected chi connectivity index (χ0v) is 14.4. The normalized spacial score (nSPS) is 28.8. The van der Waals surface area contributed by atoms with Crippen molar-refractivity contribution in [2.75, 3.05) is 40.0 Å². The maximum Gasteiger partial charge on any atom is 0.167 e. The molecule has 24 heavy (non-hydrogen) atoms. The minimum atomic E-state index is -0.168. The third kappa shape index (κ3) is 2.59. The number of methoxy groups -OCH3 is 1. The number of aliphatic hydroxyl groups excluding tert-OH is 1. The number of benzene rings is 1. The van der Waals surface area contributed by atoms with Crippen molar-refractivity contribution in [2.24, 2.45) is 5.92 Å². The third-order valence-corrected chi connectivity index (χ3v) is 5.96. The molecule has 5 nitrogen and oxygen atoms in total. The van der Waals surface area contributed by atoms with Gasteiger partial charge in [0.05, 0.1) is 19.8 Å². The Balaban J connectivity index is 1.68. The average Bonchev–Trinajstić information content (AvgIpc) is 2.64. The molecule has 1 N–H and O–H groups in total. The van der Waals surface area contributed by atoms with E-state index >= 15 is 0 Å². The number of nitrogens with zero attached hydrogens (tertiary/aromatic N) is 1. The van der Waals surface area contributed by atoms with Gasteiger partial charge < -0.3 is 24.2 Å². The molecule has 0 unspecified atom stereocenters. The van der Waals surface area contributed by atoms with Gasteiger partial charge in [-0.1, -0.05) is 12.1 Å². The molecule has 0 amide bonds. The fourth-order valence-corrected chi connectivity index (χ4v) is 4.70. The lowest BCUT2D eigenvalue weighted by Gasteiger charge is -2.53. The first kappa shape index (κ1) is 16.2. The number of ether oxygens (including phenoxy) is 3. The number of para-hydroxylation sites is 1. The summed E-state index contributed by atoms with van der Waals surface area (Å²) in [6.45, 7) is 3.73. The Morgan fingerprint density at radius 2 is 2.17 bits per heavy atom. The van der Waals surface area contributed by atoms with E-state index in [0.717, 1.165) is 69.0 Å². The van der Waals surface area contributed by atoms with Gasteiger partial charge in [-0.3, -0.25) is 0 Å². The number of β-amino-alcohol motifs (C(OH)–C–C–N with tert-alkyl or cyclic N) is 1. The van der Waals surface area contributed by atoms with Crippen LogP contribution in [0.1, 0.15) is 37.4 Å². The molecule has 2 fully saturated rings. The zero-order valence-electron chi connectivity index (χ0n) is 14.4. The molecule has 4 rings (SSSR count). The van der Waals surface area contributed by atoms with E-state index in [1.165, 1.54) is 0 Å². The molecular formula is C19H27NO4. The molecule has 132 valence electrons. The molecule has 1 aromatic rings. The molecule has 0 radical (unpaired) electrons. The minimum absolute atomic E-state index is 0.113. The highest BCUT2D eigenvalue weighted by atomic mass is 16.5. The van der Waals surface area contributed by atoms with Crippen molar-refractivity contribution in [1.82, 2.24) is 4.90 Å². The van der Waals surface area contributed by atoms with Gasteiger partial charge in [0.15, 0.2) is 11.5 Å². The van der Waals surface area contributed by atoms with Crippen molar-refractivity contribution in [3.63, 3.8) is 0 Å². The monoisotopic (exact) mass is 333 g/mol. The second-order valence-electron chi connectivity index (χ2n) is 7.15. The van der Waals surface area contributed by atoms with Crippen LogP contribution in [0.25, 0.3) is 0 Å². The second-order valence-corrected chi connectivity index (χ2v) is 7.15. The van der Waals surface area contributed by atoms with Gasteiger partial charge >= 0.3 is 0 Å². The van der Waals surface area contributed by atoms with Crippen LogP contribution in [0.4, 0.5) is 0 Å². The first-order chi connectivity index (χ1) is 11.8. The summed E-state index contributed by atoms with van der Waals surface area (Å²) in [4.78, 5) is 2.32. The summed E-state index contributed by atoms with van der Waals surface area (Å²) in [6.07, 6.45) is 4.33. The number of hydrogen-bond donors (Lipinski definition) is 1. The molecule has 3 heterocycles. The Morgan fingerprint density at radius 3 is 2.92 bits per heavy atom. The van der Waals surface area contributed by atoms with E-state index in [2.05, 4.69) is 11.0 Å². The first-order valence-corrected chi connectivity index (χ1v) is 9.08. The van der Waals surface area contributed by atoms with Gasteiger partial charge in [0.2, 0.25) is 0 Å². The van der Waals surface area contributed by atoms with Gasteiger partial charge in [0.1, 0.15) is 5.60 Å². The molecule has 0 bridgehead atoms. The molecule has 1 aromatic carbocycles. The summed E-state index contributed by atoms with van der Waals surface area (Å²) in [5, 5.41) is 9.20. The third-order valence-electron chi connectivity index (χ3n) is 5.96. The van der Waals surface area contributed by atoms with Crippen LogP contribution in [0.2, 0.25) is 0 Å². The summed E-state index contributed by atoms with van der Waals surface area (Å²) >= 11 is 0. The highest BCUT2D eigenvalue weighted by molar-refractivity contribution is 5.50. The van der Waals surface area contributed by atoms with Crippen molar-refractivity contribution >= 4 is 0 Å². The topological polar surface area (TPSA) is 51.2 Å². The maximum atomic E-state index is 9.20. The molecular weight excluding hydrogens is 306 g/mol. The lowest BCUT2D eigenvalue weighted by molar-refractivity contribution is -0.150. The van der Waals surface area contributed by atoms with E-state index in [1.54, 1.807) is 7.11 Å². The second kappa shape index (κ2) is 6.54. The van der Waals surface area contributed by atoms with Crippen LogP contribution in [0.15, 0.2) is 18.2 Å². The largest absolute Gasteiger partial charge is 0.493 e. The van der Waals surface area contributed by atoms with Gasteiger partial charge in [0, 0.05) is 50.6 Å². The highest BCUT2D eigenvalue weighted by Crippen LogP contribution is 2.55. The molecule has 1 spiro atoms. The standard InChI is InChI=1S/C19H27NO4/c1-22-16-6-2-4-14-17-15(5-3-13-23-17)19(24-18(14)16)7-9-20(10-8-19)11-12-21/h2,4,6,15,17,21H,3,5,7-13H2,1H3/t15-,17+/m0/s1. The predicted octanol–water partition coefficient (Wildman–Crippen LogP) is 2.38. The van der Waals surface area contributed by atoms with Gasteiger partial charge in [-0.05, 0) is 18.9 Å². The molecule has 2 atom stereocenters. The number of hydrogen-bond acceptors (Lipinski definition) is 5. The lowest BCUT2D eigenvalue weighted by atomic mass is 9.70. The Kier molecular flexibility index (Phi) is 4.41. The van der Waals surface area contributed by atoms with Crippen molar-refractivity contribution in [2.45, 2.75) is 37.4 Å². The first-order valence-electron chi connectivity index (χ1n) is 9.08. The molecule has 5 heteroatoms. The molecule has 0 aromatic heterocycles. The maximum absolute atomic E-state index is 9.20. The van der Waals surface area contributed by atoms with Crippen LogP contribution in [-0.4, -0.2) is 55.6 Å². The molecule has 0 saturated carbocycles. The van der Waals surface area contributed by atoms with E-state index in [1.807, 2.05) is 12.1 Å². The smallest absolute Gasteiger partial charge is 0.167 e. The summed E-state index contributed by atoms with van der Waals surface area (Å²) in [6, 6.07) is 6.11. The van der Waals surface area contributed by atoms with Crippen LogP contribution in [0, 0.1) is 5.92 Å². The Hall–Kier alpha value is -1.30. The number of likely N-dealkylation sites (tertiary alicyclic amines) is 1. The van der Waals surface area contributed by atoms with Crippen molar-refractivity contribution in [1.29, 1.82) is 0 Å². The van der Waals surface area contributed by atoms with E-state index in [4.69, 9.17) is 14.2 Å². The summed E-state index contributed by atoms with van der Waals surface area (Å²) in [5.41, 5.74) is 0.973. The van der Waals surface area contributed by atoms with Crippen molar-refractivity contribution < 1.29 is 19.3 Å². The summed E-state index contributed by atoms with van der Waals surface area (Å²) in [5.74, 6) is 2.08. The zero-order chi connectivity index (χ0) is 16.6. The van der Waals surface area contributed by atoms with E-state index in [9.17, 15) is 5.11 Å². The fraction of sp³-hybridized carbons (Fsp3) is 0.684. The van der Waals surface area contributed by atoms with Crippen LogP contribution < -0.4 is 9.47 Å². The Labute approximate surface area is 143 Å². The van der Waals surface area contributed by atoms with Gasteiger partial charge in [-0.2, -0.15) is 0 Å². The van der Waals surface area contributed by atoms with Gasteiger partial charge in [-0.25, -0.2) is 0 Å². The van der Waals surface area contributed by atoms with Crippen molar-refractivity contribution in [3.8, 4) is 11.5 Å². The lowest BCUT2D eigenvalue weighted by Crippen LogP contribution is -2.57. The SMILES string of the molecule is COc1cccc2c1OC1(CCN(CCO)CC1)[C@H]1CCCO[C@H]21. The van der Waals surface area contributed by atoms with E-state index < -0.39 is 0 Å². The minimum Gasteiger partial charge on any atom is -0.493 e. The molecule has 2 saturated heterocycles. The van der Waals surface area contributed by atoms with Crippen LogP contribution >= 0.6 is 0 Å². The van der Waals surface area contributed by atoms with Gasteiger partial charge in [-0.15, -0.1) is 0 Å². The van der Waals surface area contributed by atoms with E-state index in [0.29, 0.717) is 5.92 Å².